The van der Waals surface area contributed by atoms with Crippen LogP contribution in [0.2, 0.25) is 0 Å². The molecule has 6 nitrogen and oxygen atoms in total. The second-order valence-electron chi connectivity index (χ2n) is 10.5. The van der Waals surface area contributed by atoms with Crippen LogP contribution >= 0.6 is 0 Å². The van der Waals surface area contributed by atoms with E-state index < -0.39 is 0 Å². The number of quaternary nitrogens is 1. The first-order valence-corrected chi connectivity index (χ1v) is 13.7. The molecule has 0 spiro atoms. The molecule has 4 heterocycles. The molecule has 3 aliphatic rings. The molecule has 1 aromatic heterocycles. The summed E-state index contributed by atoms with van der Waals surface area (Å²) in [4.78, 5) is 27.8. The molecule has 0 aliphatic carbocycles. The van der Waals surface area contributed by atoms with Crippen molar-refractivity contribution in [3.05, 3.63) is 54.2 Å². The molecule has 5 rings (SSSR count). The number of piperidine rings is 2. The molecule has 0 N–H and O–H groups in total. The molecule has 3 fully saturated rings. The lowest BCUT2D eigenvalue weighted by atomic mass is 9.96. The molecule has 1 atom stereocenters. The molecule has 0 radical (unpaired) electrons. The van der Waals surface area contributed by atoms with Gasteiger partial charge in [-0.25, -0.2) is 0 Å². The summed E-state index contributed by atoms with van der Waals surface area (Å²) >= 11 is 0. The summed E-state index contributed by atoms with van der Waals surface area (Å²) in [5.41, 5.74) is 1.06. The van der Waals surface area contributed by atoms with Crippen molar-refractivity contribution in [1.29, 1.82) is 0 Å². The van der Waals surface area contributed by atoms with Crippen LogP contribution in [0.25, 0.3) is 6.08 Å². The van der Waals surface area contributed by atoms with Crippen LogP contribution < -0.4 is 9.38 Å². The van der Waals surface area contributed by atoms with Gasteiger partial charge in [0.25, 0.3) is 0 Å². The summed E-state index contributed by atoms with van der Waals surface area (Å²) in [7, 11) is 0. The Morgan fingerprint density at radius 1 is 0.886 bits per heavy atom. The minimum atomic E-state index is 0.118. The van der Waals surface area contributed by atoms with Crippen LogP contribution in [0.15, 0.2) is 48.7 Å². The molecule has 1 amide bonds. The van der Waals surface area contributed by atoms with E-state index in [2.05, 4.69) is 15.9 Å². The second kappa shape index (κ2) is 11.3. The third kappa shape index (κ3) is 5.58. The van der Waals surface area contributed by atoms with E-state index in [0.29, 0.717) is 6.04 Å². The zero-order valence-corrected chi connectivity index (χ0v) is 21.0. The SMILES string of the molecule is O=C(C=Cc1ccccc1)N1CCCC([N+]2(c3nccc(N4CCCCCC4)n3)CCCCC2)C1. The van der Waals surface area contributed by atoms with Crippen molar-refractivity contribution in [2.45, 2.75) is 63.8 Å². The van der Waals surface area contributed by atoms with Gasteiger partial charge < -0.3 is 9.80 Å². The van der Waals surface area contributed by atoms with Crippen molar-refractivity contribution in [2.24, 2.45) is 0 Å². The topological polar surface area (TPSA) is 49.3 Å². The Morgan fingerprint density at radius 2 is 1.63 bits per heavy atom. The highest BCUT2D eigenvalue weighted by Gasteiger charge is 2.45. The monoisotopic (exact) mass is 474 g/mol. The van der Waals surface area contributed by atoms with Crippen LogP contribution in [0.4, 0.5) is 11.8 Å². The Kier molecular flexibility index (Phi) is 7.77. The normalized spacial score (nSPS) is 23.3. The zero-order valence-electron chi connectivity index (χ0n) is 21.0. The fraction of sp³-hybridized carbons (Fsp3) is 0.552. The predicted molar refractivity (Wildman–Crippen MR) is 143 cm³/mol. The number of carbonyl (C=O) groups excluding carboxylic acids is 1. The van der Waals surface area contributed by atoms with Crippen molar-refractivity contribution in [2.75, 3.05) is 44.2 Å². The minimum absolute atomic E-state index is 0.118. The third-order valence-corrected chi connectivity index (χ3v) is 8.20. The van der Waals surface area contributed by atoms with Crippen molar-refractivity contribution in [1.82, 2.24) is 19.4 Å². The molecule has 6 heteroatoms. The molecule has 186 valence electrons. The third-order valence-electron chi connectivity index (χ3n) is 8.20. The smallest absolute Gasteiger partial charge is 0.331 e. The summed E-state index contributed by atoms with van der Waals surface area (Å²) in [6.07, 6.45) is 16.6. The van der Waals surface area contributed by atoms with Gasteiger partial charge in [-0.15, -0.1) is 0 Å². The van der Waals surface area contributed by atoms with Gasteiger partial charge in [0.15, 0.2) is 0 Å². The molecule has 1 aromatic carbocycles. The molecular weight excluding hydrogens is 434 g/mol. The average molecular weight is 475 g/mol. The van der Waals surface area contributed by atoms with Gasteiger partial charge in [0, 0.05) is 38.3 Å². The molecule has 3 saturated heterocycles. The van der Waals surface area contributed by atoms with Crippen molar-refractivity contribution in [3.63, 3.8) is 0 Å². The zero-order chi connectivity index (χ0) is 23.9. The van der Waals surface area contributed by atoms with E-state index in [-0.39, 0.29) is 5.91 Å². The van der Waals surface area contributed by atoms with Gasteiger partial charge in [0.2, 0.25) is 5.91 Å². The maximum absolute atomic E-state index is 13.1. The van der Waals surface area contributed by atoms with Gasteiger partial charge in [0.1, 0.15) is 11.9 Å². The Balaban J connectivity index is 1.36. The predicted octanol–water partition coefficient (Wildman–Crippen LogP) is 5.05. The first-order valence-electron chi connectivity index (χ1n) is 13.7. The molecule has 3 aliphatic heterocycles. The summed E-state index contributed by atoms with van der Waals surface area (Å²) in [5, 5.41) is 0. The number of benzene rings is 1. The summed E-state index contributed by atoms with van der Waals surface area (Å²) in [6.45, 7) is 5.97. The Morgan fingerprint density at radius 3 is 2.40 bits per heavy atom. The van der Waals surface area contributed by atoms with Gasteiger partial charge in [-0.3, -0.25) is 9.28 Å². The van der Waals surface area contributed by atoms with E-state index >= 15 is 0 Å². The number of rotatable bonds is 5. The van der Waals surface area contributed by atoms with E-state index in [1.54, 1.807) is 6.08 Å². The number of carbonyl (C=O) groups is 1. The van der Waals surface area contributed by atoms with Crippen LogP contribution in [0.5, 0.6) is 0 Å². The molecule has 35 heavy (non-hydrogen) atoms. The maximum Gasteiger partial charge on any atom is 0.331 e. The standard InChI is InChI=1S/C29H40N5O/c35-28(16-15-25-12-5-3-6-13-25)33-21-11-14-26(24-33)34(22-9-4-10-23-34)29-30-18-17-27(31-29)32-19-7-1-2-8-20-32/h3,5-6,12-13,15-18,26H,1-2,4,7-11,14,19-24H2/q+1. The number of hydrogen-bond donors (Lipinski definition) is 0. The molecule has 0 saturated carbocycles. The number of amides is 1. The highest BCUT2D eigenvalue weighted by molar-refractivity contribution is 5.91. The second-order valence-corrected chi connectivity index (χ2v) is 10.5. The number of aromatic nitrogens is 2. The maximum atomic E-state index is 13.1. The summed E-state index contributed by atoms with van der Waals surface area (Å²) in [6, 6.07) is 12.5. The highest BCUT2D eigenvalue weighted by Crippen LogP contribution is 2.34. The number of hydrogen-bond acceptors (Lipinski definition) is 4. The lowest BCUT2D eigenvalue weighted by Crippen LogP contribution is -2.65. The molecular formula is C29H40N5O+. The quantitative estimate of drug-likeness (QED) is 0.449. The van der Waals surface area contributed by atoms with Crippen LogP contribution in [0.1, 0.15) is 63.4 Å². The average Bonchev–Trinajstić information content (AvgIpc) is 3.23. The highest BCUT2D eigenvalue weighted by atomic mass is 16.2. The Labute approximate surface area is 210 Å². The van der Waals surface area contributed by atoms with Crippen LogP contribution in [0, 0.1) is 0 Å². The van der Waals surface area contributed by atoms with E-state index in [4.69, 9.17) is 9.97 Å². The summed E-state index contributed by atoms with van der Waals surface area (Å²) < 4.78 is 0.841. The van der Waals surface area contributed by atoms with Crippen molar-refractivity contribution >= 4 is 23.7 Å². The lowest BCUT2D eigenvalue weighted by molar-refractivity contribution is -0.128. The van der Waals surface area contributed by atoms with Gasteiger partial charge in [-0.1, -0.05) is 43.2 Å². The number of nitrogens with zero attached hydrogens (tertiary/aromatic N) is 5. The van der Waals surface area contributed by atoms with Crippen molar-refractivity contribution in [3.8, 4) is 0 Å². The fourth-order valence-electron chi connectivity index (χ4n) is 6.23. The lowest BCUT2D eigenvalue weighted by Gasteiger charge is -2.48. The minimum Gasteiger partial charge on any atom is -0.356 e. The first kappa shape index (κ1) is 24.0. The van der Waals surface area contributed by atoms with E-state index in [1.807, 2.05) is 42.6 Å². The van der Waals surface area contributed by atoms with Crippen LogP contribution in [0.3, 0.4) is 0 Å². The van der Waals surface area contributed by atoms with Crippen molar-refractivity contribution < 1.29 is 4.79 Å². The summed E-state index contributed by atoms with van der Waals surface area (Å²) in [5.74, 6) is 2.19. The van der Waals surface area contributed by atoms with Gasteiger partial charge in [-0.05, 0) is 56.2 Å². The van der Waals surface area contributed by atoms with Gasteiger partial charge in [0.05, 0.1) is 19.6 Å². The van der Waals surface area contributed by atoms with E-state index in [1.165, 1.54) is 44.9 Å². The Hall–Kier alpha value is -2.73. The molecule has 1 unspecified atom stereocenters. The first-order chi connectivity index (χ1) is 17.2. The fourth-order valence-corrected chi connectivity index (χ4v) is 6.23. The van der Waals surface area contributed by atoms with Crippen LogP contribution in [-0.2, 0) is 4.79 Å². The number of likely N-dealkylation sites (tertiary alicyclic amines) is 2. The molecule has 0 bridgehead atoms. The Bertz CT molecular complexity index is 993. The largest absolute Gasteiger partial charge is 0.356 e. The molecule has 2 aromatic rings. The number of anilines is 1. The van der Waals surface area contributed by atoms with Crippen LogP contribution in [-0.4, -0.2) is 66.1 Å². The van der Waals surface area contributed by atoms with Gasteiger partial charge in [-0.2, -0.15) is 9.97 Å². The van der Waals surface area contributed by atoms with E-state index in [0.717, 1.165) is 73.9 Å². The van der Waals surface area contributed by atoms with E-state index in [9.17, 15) is 4.79 Å². The van der Waals surface area contributed by atoms with Gasteiger partial charge >= 0.3 is 5.95 Å².